The number of anilines is 4. The predicted molar refractivity (Wildman–Crippen MR) is 121 cm³/mol. The number of nitrogens with one attached hydrogen (secondary N) is 2. The number of aryl methyl sites for hydroxylation is 1. The molecule has 9 heteroatoms. The molecule has 3 heterocycles. The van der Waals surface area contributed by atoms with Crippen molar-refractivity contribution >= 4 is 45.6 Å². The van der Waals surface area contributed by atoms with Gasteiger partial charge < -0.3 is 10.6 Å². The third-order valence-corrected chi connectivity index (χ3v) is 4.88. The van der Waals surface area contributed by atoms with Gasteiger partial charge in [0.15, 0.2) is 5.65 Å². The van der Waals surface area contributed by atoms with Crippen LogP contribution in [0.5, 0.6) is 0 Å². The Bertz CT molecular complexity index is 1360. The van der Waals surface area contributed by atoms with E-state index in [0.717, 1.165) is 34.0 Å². The van der Waals surface area contributed by atoms with Crippen LogP contribution in [0.25, 0.3) is 16.7 Å². The van der Waals surface area contributed by atoms with E-state index in [0.29, 0.717) is 16.5 Å². The molecule has 31 heavy (non-hydrogen) atoms. The van der Waals surface area contributed by atoms with E-state index >= 15 is 0 Å². The molecule has 5 aromatic rings. The topological polar surface area (TPSA) is 93.4 Å². The summed E-state index contributed by atoms with van der Waals surface area (Å²) in [5.41, 5.74) is 4.24. The molecule has 0 aliphatic rings. The average molecular weight is 429 g/mol. The maximum atomic E-state index is 6.12. The molecule has 152 valence electrons. The van der Waals surface area contributed by atoms with E-state index in [4.69, 9.17) is 11.6 Å². The second kappa shape index (κ2) is 8.00. The molecular weight excluding hydrogens is 412 g/mol. The first kappa shape index (κ1) is 19.0. The first-order valence-corrected chi connectivity index (χ1v) is 9.91. The summed E-state index contributed by atoms with van der Waals surface area (Å²) in [7, 11) is 0. The maximum absolute atomic E-state index is 6.12. The molecule has 0 amide bonds. The number of benzene rings is 2. The van der Waals surface area contributed by atoms with Gasteiger partial charge in [0.05, 0.1) is 17.3 Å². The van der Waals surface area contributed by atoms with Crippen LogP contribution >= 0.6 is 11.6 Å². The normalized spacial score (nSPS) is 10.9. The van der Waals surface area contributed by atoms with Gasteiger partial charge in [-0.05, 0) is 49.4 Å². The van der Waals surface area contributed by atoms with Gasteiger partial charge in [0.1, 0.15) is 24.3 Å². The van der Waals surface area contributed by atoms with Crippen molar-refractivity contribution in [1.82, 2.24) is 29.7 Å². The Kier molecular flexibility index (Phi) is 4.89. The highest BCUT2D eigenvalue weighted by atomic mass is 35.5. The molecular formula is C22H17ClN8. The number of hydrogen-bond acceptors (Lipinski definition) is 7. The molecule has 0 radical (unpaired) electrons. The lowest BCUT2D eigenvalue weighted by molar-refractivity contribution is 0.895. The average Bonchev–Trinajstić information content (AvgIpc) is 3.20. The summed E-state index contributed by atoms with van der Waals surface area (Å²) in [6, 6.07) is 17.2. The fourth-order valence-electron chi connectivity index (χ4n) is 3.18. The summed E-state index contributed by atoms with van der Waals surface area (Å²) in [6.07, 6.45) is 4.80. The first-order chi connectivity index (χ1) is 15.2. The van der Waals surface area contributed by atoms with E-state index in [1.54, 1.807) is 10.9 Å². The van der Waals surface area contributed by atoms with Crippen molar-refractivity contribution < 1.29 is 0 Å². The van der Waals surface area contributed by atoms with Gasteiger partial charge in [-0.3, -0.25) is 0 Å². The molecule has 0 saturated carbocycles. The Balaban J connectivity index is 1.39. The number of aromatic nitrogens is 6. The van der Waals surface area contributed by atoms with Crippen LogP contribution in [0.2, 0.25) is 5.02 Å². The summed E-state index contributed by atoms with van der Waals surface area (Å²) in [5.74, 6) is 1.42. The van der Waals surface area contributed by atoms with Crippen molar-refractivity contribution in [1.29, 1.82) is 0 Å². The Morgan fingerprint density at radius 3 is 2.39 bits per heavy atom. The van der Waals surface area contributed by atoms with Crippen molar-refractivity contribution in [3.05, 3.63) is 84.2 Å². The molecule has 8 nitrogen and oxygen atoms in total. The zero-order valence-corrected chi connectivity index (χ0v) is 17.2. The second-order valence-electron chi connectivity index (χ2n) is 6.87. The highest BCUT2D eigenvalue weighted by molar-refractivity contribution is 6.30. The molecule has 0 aliphatic heterocycles. The highest BCUT2D eigenvalue weighted by Crippen LogP contribution is 2.26. The van der Waals surface area contributed by atoms with Gasteiger partial charge in [0.2, 0.25) is 0 Å². The summed E-state index contributed by atoms with van der Waals surface area (Å²) in [6.45, 7) is 1.93. The predicted octanol–water partition coefficient (Wildman–Crippen LogP) is 5.05. The molecule has 5 rings (SSSR count). The van der Waals surface area contributed by atoms with E-state index in [9.17, 15) is 0 Å². The van der Waals surface area contributed by atoms with Gasteiger partial charge in [0.25, 0.3) is 0 Å². The molecule has 2 aromatic carbocycles. The van der Waals surface area contributed by atoms with E-state index in [1.165, 1.54) is 12.7 Å². The van der Waals surface area contributed by atoms with Crippen molar-refractivity contribution in [2.24, 2.45) is 0 Å². The van der Waals surface area contributed by atoms with Crippen LogP contribution in [0.15, 0.2) is 73.4 Å². The van der Waals surface area contributed by atoms with Gasteiger partial charge in [-0.25, -0.2) is 24.6 Å². The molecule has 0 bridgehead atoms. The minimum atomic E-state index is 0.638. The largest absolute Gasteiger partial charge is 0.340 e. The van der Waals surface area contributed by atoms with Crippen molar-refractivity contribution in [2.75, 3.05) is 10.6 Å². The van der Waals surface area contributed by atoms with Crippen LogP contribution in [0.4, 0.5) is 23.0 Å². The van der Waals surface area contributed by atoms with Crippen LogP contribution in [-0.2, 0) is 0 Å². The van der Waals surface area contributed by atoms with E-state index < -0.39 is 0 Å². The lowest BCUT2D eigenvalue weighted by atomic mass is 10.2. The Morgan fingerprint density at radius 1 is 0.839 bits per heavy atom. The third kappa shape index (κ3) is 4.01. The number of nitrogens with zero attached hydrogens (tertiary/aromatic N) is 6. The molecule has 0 unspecified atom stereocenters. The number of rotatable bonds is 5. The number of fused-ring (bicyclic) bond motifs is 1. The molecule has 0 spiro atoms. The SMILES string of the molecule is Cc1cc(Nc2ccc(Nc3ncnc4c3cnn4-c3cccc(Cl)c3)cc2)ncn1. The first-order valence-electron chi connectivity index (χ1n) is 9.53. The zero-order valence-electron chi connectivity index (χ0n) is 16.5. The smallest absolute Gasteiger partial charge is 0.168 e. The Labute approximate surface area is 183 Å². The summed E-state index contributed by atoms with van der Waals surface area (Å²) in [5, 5.41) is 12.5. The maximum Gasteiger partial charge on any atom is 0.168 e. The van der Waals surface area contributed by atoms with Crippen LogP contribution < -0.4 is 10.6 Å². The van der Waals surface area contributed by atoms with Gasteiger partial charge >= 0.3 is 0 Å². The number of hydrogen-bond donors (Lipinski definition) is 2. The quantitative estimate of drug-likeness (QED) is 0.404. The Morgan fingerprint density at radius 2 is 1.61 bits per heavy atom. The van der Waals surface area contributed by atoms with Gasteiger partial charge in [-0.15, -0.1) is 0 Å². The number of halogens is 1. The van der Waals surface area contributed by atoms with Crippen molar-refractivity contribution in [3.8, 4) is 5.69 Å². The van der Waals surface area contributed by atoms with E-state index in [-0.39, 0.29) is 0 Å². The molecule has 0 aliphatic carbocycles. The lowest BCUT2D eigenvalue weighted by Gasteiger charge is -2.09. The zero-order chi connectivity index (χ0) is 21.2. The molecule has 0 saturated heterocycles. The van der Waals surface area contributed by atoms with Crippen LogP contribution in [0.1, 0.15) is 5.69 Å². The fraction of sp³-hybridized carbons (Fsp3) is 0.0455. The van der Waals surface area contributed by atoms with Crippen LogP contribution in [0.3, 0.4) is 0 Å². The standard InChI is InChI=1S/C22H17ClN8/c1-14-9-20(25-12-24-14)29-16-5-7-17(8-6-16)30-21-19-11-28-31(22(19)27-13-26-21)18-4-2-3-15(23)10-18/h2-13H,1H3,(H,24,25,29)(H,26,27,30). The lowest BCUT2D eigenvalue weighted by Crippen LogP contribution is -2.00. The summed E-state index contributed by atoms with van der Waals surface area (Å²) < 4.78 is 1.74. The van der Waals surface area contributed by atoms with Gasteiger partial charge in [0, 0.05) is 28.2 Å². The van der Waals surface area contributed by atoms with Crippen LogP contribution in [-0.4, -0.2) is 29.7 Å². The van der Waals surface area contributed by atoms with E-state index in [2.05, 4.69) is 35.7 Å². The third-order valence-electron chi connectivity index (χ3n) is 4.64. The highest BCUT2D eigenvalue weighted by Gasteiger charge is 2.11. The summed E-state index contributed by atoms with van der Waals surface area (Å²) in [4.78, 5) is 17.1. The monoisotopic (exact) mass is 428 g/mol. The minimum absolute atomic E-state index is 0.638. The molecule has 3 aromatic heterocycles. The van der Waals surface area contributed by atoms with Gasteiger partial charge in [-0.1, -0.05) is 17.7 Å². The Hall–Kier alpha value is -4.04. The van der Waals surface area contributed by atoms with E-state index in [1.807, 2.05) is 61.5 Å². The minimum Gasteiger partial charge on any atom is -0.340 e. The summed E-state index contributed by atoms with van der Waals surface area (Å²) >= 11 is 6.12. The van der Waals surface area contributed by atoms with Gasteiger partial charge in [-0.2, -0.15) is 5.10 Å². The van der Waals surface area contributed by atoms with Crippen molar-refractivity contribution in [2.45, 2.75) is 6.92 Å². The molecule has 0 fully saturated rings. The molecule has 2 N–H and O–H groups in total. The van der Waals surface area contributed by atoms with Crippen molar-refractivity contribution in [3.63, 3.8) is 0 Å². The molecule has 0 atom stereocenters. The second-order valence-corrected chi connectivity index (χ2v) is 7.30. The van der Waals surface area contributed by atoms with Crippen LogP contribution in [0, 0.1) is 6.92 Å². The fourth-order valence-corrected chi connectivity index (χ4v) is 3.37.